The van der Waals surface area contributed by atoms with E-state index >= 15 is 0 Å². The van der Waals surface area contributed by atoms with Gasteiger partial charge in [-0.2, -0.15) is 5.10 Å². The third-order valence-electron chi connectivity index (χ3n) is 6.33. The molecule has 0 radical (unpaired) electrons. The highest BCUT2D eigenvalue weighted by Crippen LogP contribution is 2.32. The Morgan fingerprint density at radius 3 is 2.73 bits per heavy atom. The average molecular weight is 355 g/mol. The van der Waals surface area contributed by atoms with E-state index in [-0.39, 0.29) is 12.1 Å². The SMILES string of the molecule is O=C(OC1CN2CCC1CC2)c1n[nH]c2cc(C3CCOCC3)ccc12. The van der Waals surface area contributed by atoms with Crippen LogP contribution in [0.5, 0.6) is 0 Å². The molecule has 1 atom stereocenters. The van der Waals surface area contributed by atoms with Crippen LogP contribution in [-0.2, 0) is 9.47 Å². The van der Waals surface area contributed by atoms with Crippen LogP contribution in [0.3, 0.4) is 0 Å². The monoisotopic (exact) mass is 355 g/mol. The summed E-state index contributed by atoms with van der Waals surface area (Å²) in [5.41, 5.74) is 2.62. The van der Waals surface area contributed by atoms with Gasteiger partial charge in [0.15, 0.2) is 5.69 Å². The minimum atomic E-state index is -0.297. The second kappa shape index (κ2) is 6.67. The summed E-state index contributed by atoms with van der Waals surface area (Å²) in [5.74, 6) is 0.738. The number of H-pyrrole nitrogens is 1. The molecule has 1 aromatic heterocycles. The van der Waals surface area contributed by atoms with Gasteiger partial charge in [0.1, 0.15) is 6.10 Å². The Balaban J connectivity index is 1.34. The quantitative estimate of drug-likeness (QED) is 0.858. The van der Waals surface area contributed by atoms with Crippen LogP contribution in [0.1, 0.15) is 47.7 Å². The lowest BCUT2D eigenvalue weighted by atomic mass is 9.86. The van der Waals surface area contributed by atoms with E-state index < -0.39 is 0 Å². The number of aromatic nitrogens is 2. The molecule has 5 heterocycles. The molecular weight excluding hydrogens is 330 g/mol. The lowest BCUT2D eigenvalue weighted by Gasteiger charge is -2.43. The number of aromatic amines is 1. The van der Waals surface area contributed by atoms with Crippen molar-refractivity contribution in [3.63, 3.8) is 0 Å². The van der Waals surface area contributed by atoms with Crippen LogP contribution >= 0.6 is 0 Å². The zero-order valence-corrected chi connectivity index (χ0v) is 14.9. The molecule has 138 valence electrons. The molecule has 1 unspecified atom stereocenters. The third kappa shape index (κ3) is 2.91. The maximum absolute atomic E-state index is 12.7. The fourth-order valence-electron chi connectivity index (χ4n) is 4.72. The summed E-state index contributed by atoms with van der Waals surface area (Å²) in [7, 11) is 0. The number of nitrogens with one attached hydrogen (secondary N) is 1. The number of hydrogen-bond acceptors (Lipinski definition) is 5. The van der Waals surface area contributed by atoms with Crippen molar-refractivity contribution in [2.45, 2.75) is 37.7 Å². The van der Waals surface area contributed by atoms with Gasteiger partial charge in [-0.3, -0.25) is 10.00 Å². The second-order valence-electron chi connectivity index (χ2n) is 7.85. The molecule has 2 aromatic rings. The van der Waals surface area contributed by atoms with E-state index in [9.17, 15) is 4.79 Å². The number of carbonyl (C=O) groups is 1. The Kier molecular flexibility index (Phi) is 4.17. The van der Waals surface area contributed by atoms with Gasteiger partial charge in [-0.05, 0) is 62.2 Å². The van der Waals surface area contributed by atoms with Crippen LogP contribution in [0, 0.1) is 5.92 Å². The Morgan fingerprint density at radius 1 is 1.19 bits per heavy atom. The number of fused-ring (bicyclic) bond motifs is 4. The van der Waals surface area contributed by atoms with E-state index in [0.29, 0.717) is 17.5 Å². The molecule has 4 aliphatic rings. The first kappa shape index (κ1) is 16.3. The number of nitrogens with zero attached hydrogens (tertiary/aromatic N) is 2. The lowest BCUT2D eigenvalue weighted by Crippen LogP contribution is -2.51. The molecule has 6 rings (SSSR count). The van der Waals surface area contributed by atoms with E-state index in [2.05, 4.69) is 27.2 Å². The summed E-state index contributed by atoms with van der Waals surface area (Å²) in [6, 6.07) is 6.26. The molecular formula is C20H25N3O3. The molecule has 2 bridgehead atoms. The number of ether oxygens (including phenoxy) is 2. The van der Waals surface area contributed by atoms with Gasteiger partial charge in [-0.15, -0.1) is 0 Å². The second-order valence-corrected chi connectivity index (χ2v) is 7.85. The highest BCUT2D eigenvalue weighted by atomic mass is 16.5. The third-order valence-corrected chi connectivity index (χ3v) is 6.33. The fraction of sp³-hybridized carbons (Fsp3) is 0.600. The van der Waals surface area contributed by atoms with E-state index in [4.69, 9.17) is 9.47 Å². The number of rotatable bonds is 3. The minimum absolute atomic E-state index is 0.0123. The summed E-state index contributed by atoms with van der Waals surface area (Å²) in [6.45, 7) is 4.79. The first-order valence-corrected chi connectivity index (χ1v) is 9.77. The number of carbonyl (C=O) groups excluding carboxylic acids is 1. The van der Waals surface area contributed by atoms with Gasteiger partial charge in [0.05, 0.1) is 5.52 Å². The fourth-order valence-corrected chi connectivity index (χ4v) is 4.72. The van der Waals surface area contributed by atoms with E-state index in [1.54, 1.807) is 0 Å². The molecule has 4 fully saturated rings. The topological polar surface area (TPSA) is 67.5 Å². The Hall–Kier alpha value is -1.92. The summed E-state index contributed by atoms with van der Waals surface area (Å²) in [4.78, 5) is 15.1. The highest BCUT2D eigenvalue weighted by Gasteiger charge is 2.37. The Morgan fingerprint density at radius 2 is 2.00 bits per heavy atom. The van der Waals surface area contributed by atoms with Crippen molar-refractivity contribution in [2.24, 2.45) is 5.92 Å². The maximum Gasteiger partial charge on any atom is 0.359 e. The normalized spacial score (nSPS) is 29.2. The smallest absolute Gasteiger partial charge is 0.359 e. The van der Waals surface area contributed by atoms with E-state index in [1.807, 2.05) is 6.07 Å². The zero-order valence-electron chi connectivity index (χ0n) is 14.9. The molecule has 0 spiro atoms. The minimum Gasteiger partial charge on any atom is -0.456 e. The standard InChI is InChI=1S/C20H25N3O3/c24-20(26-18-12-23-7-3-14(18)4-8-23)19-16-2-1-15(11-17(16)21-22-19)13-5-9-25-10-6-13/h1-2,11,13-14,18H,3-10,12H2,(H,21,22). The van der Waals surface area contributed by atoms with Gasteiger partial charge in [-0.25, -0.2) is 4.79 Å². The van der Waals surface area contributed by atoms with Crippen molar-refractivity contribution < 1.29 is 14.3 Å². The highest BCUT2D eigenvalue weighted by molar-refractivity contribution is 6.02. The van der Waals surface area contributed by atoms with Crippen LogP contribution in [0.2, 0.25) is 0 Å². The molecule has 6 nitrogen and oxygen atoms in total. The number of piperidine rings is 3. The molecule has 4 aliphatic heterocycles. The van der Waals surface area contributed by atoms with Crippen molar-refractivity contribution in [3.05, 3.63) is 29.5 Å². The van der Waals surface area contributed by atoms with Crippen molar-refractivity contribution in [2.75, 3.05) is 32.8 Å². The lowest BCUT2D eigenvalue weighted by molar-refractivity contribution is -0.0458. The van der Waals surface area contributed by atoms with Crippen LogP contribution < -0.4 is 0 Å². The number of esters is 1. The largest absolute Gasteiger partial charge is 0.456 e. The van der Waals surface area contributed by atoms with E-state index in [0.717, 1.165) is 69.4 Å². The molecule has 4 saturated heterocycles. The summed E-state index contributed by atoms with van der Waals surface area (Å²) in [6.07, 6.45) is 4.38. The van der Waals surface area contributed by atoms with Gasteiger partial charge in [0.25, 0.3) is 0 Å². The molecule has 26 heavy (non-hydrogen) atoms. The molecule has 6 heteroatoms. The maximum atomic E-state index is 12.7. The van der Waals surface area contributed by atoms with Gasteiger partial charge < -0.3 is 9.47 Å². The summed E-state index contributed by atoms with van der Waals surface area (Å²) >= 11 is 0. The average Bonchev–Trinajstić information content (AvgIpc) is 3.13. The van der Waals surface area contributed by atoms with Crippen molar-refractivity contribution in [3.8, 4) is 0 Å². The van der Waals surface area contributed by atoms with Crippen molar-refractivity contribution in [1.29, 1.82) is 0 Å². The Bertz CT molecular complexity index is 804. The van der Waals surface area contributed by atoms with Gasteiger partial charge in [0.2, 0.25) is 0 Å². The molecule has 0 amide bonds. The zero-order chi connectivity index (χ0) is 17.5. The van der Waals surface area contributed by atoms with E-state index in [1.165, 1.54) is 5.56 Å². The molecule has 0 saturated carbocycles. The Labute approximate surface area is 152 Å². The van der Waals surface area contributed by atoms with Crippen LogP contribution in [-0.4, -0.2) is 60.0 Å². The summed E-state index contributed by atoms with van der Waals surface area (Å²) < 4.78 is 11.3. The molecule has 0 aliphatic carbocycles. The predicted molar refractivity (Wildman–Crippen MR) is 97.3 cm³/mol. The number of benzene rings is 1. The van der Waals surface area contributed by atoms with Gasteiger partial charge >= 0.3 is 5.97 Å². The van der Waals surface area contributed by atoms with Crippen LogP contribution in [0.15, 0.2) is 18.2 Å². The molecule has 1 aromatic carbocycles. The number of hydrogen-bond donors (Lipinski definition) is 1. The van der Waals surface area contributed by atoms with Crippen molar-refractivity contribution in [1.82, 2.24) is 15.1 Å². The van der Waals surface area contributed by atoms with Crippen molar-refractivity contribution >= 4 is 16.9 Å². The predicted octanol–water partition coefficient (Wildman–Crippen LogP) is 2.71. The first-order chi connectivity index (χ1) is 12.8. The van der Waals surface area contributed by atoms with Crippen LogP contribution in [0.4, 0.5) is 0 Å². The van der Waals surface area contributed by atoms with Gasteiger partial charge in [-0.1, -0.05) is 12.1 Å². The van der Waals surface area contributed by atoms with Gasteiger partial charge in [0, 0.05) is 25.1 Å². The first-order valence-electron chi connectivity index (χ1n) is 9.77. The summed E-state index contributed by atoms with van der Waals surface area (Å²) in [5, 5.41) is 8.15. The molecule has 1 N–H and O–H groups in total. The van der Waals surface area contributed by atoms with Crippen LogP contribution in [0.25, 0.3) is 10.9 Å².